The Morgan fingerprint density at radius 1 is 1.39 bits per heavy atom. The van der Waals surface area contributed by atoms with E-state index in [9.17, 15) is 9.18 Å². The van der Waals surface area contributed by atoms with Crippen molar-refractivity contribution in [3.8, 4) is 0 Å². The first-order valence-electron chi connectivity index (χ1n) is 6.02. The lowest BCUT2D eigenvalue weighted by atomic mass is 10.0. The number of oxime groups is 1. The van der Waals surface area contributed by atoms with Gasteiger partial charge in [0.05, 0.1) is 5.71 Å². The molecule has 0 aromatic heterocycles. The third-order valence-electron chi connectivity index (χ3n) is 3.07. The van der Waals surface area contributed by atoms with Crippen molar-refractivity contribution in [3.05, 3.63) is 35.6 Å². The molecule has 4 nitrogen and oxygen atoms in total. The molecular formula is C13H13FN2O2. The molecule has 0 radical (unpaired) electrons. The number of rotatable bonds is 3. The molecule has 18 heavy (non-hydrogen) atoms. The van der Waals surface area contributed by atoms with E-state index >= 15 is 0 Å². The van der Waals surface area contributed by atoms with Gasteiger partial charge >= 0.3 is 0 Å². The summed E-state index contributed by atoms with van der Waals surface area (Å²) in [6.45, 7) is 0. The second-order valence-electron chi connectivity index (χ2n) is 4.60. The Kier molecular flexibility index (Phi) is 2.74. The van der Waals surface area contributed by atoms with Crippen molar-refractivity contribution in [1.82, 2.24) is 5.32 Å². The van der Waals surface area contributed by atoms with Gasteiger partial charge in [0, 0.05) is 18.0 Å². The van der Waals surface area contributed by atoms with Crippen molar-refractivity contribution in [2.24, 2.45) is 5.16 Å². The lowest BCUT2D eigenvalue weighted by Gasteiger charge is -2.08. The van der Waals surface area contributed by atoms with Crippen LogP contribution in [0.1, 0.15) is 24.8 Å². The standard InChI is InChI=1S/C13H13FN2O2/c14-10-4-2-1-3-9(10)11-7-12(18-16-11)13(17)15-8-5-6-8/h1-4,8,12H,5-7H2,(H,15,17). The number of hydrogen-bond acceptors (Lipinski definition) is 3. The van der Waals surface area contributed by atoms with Gasteiger partial charge in [-0.15, -0.1) is 0 Å². The second-order valence-corrected chi connectivity index (χ2v) is 4.60. The van der Waals surface area contributed by atoms with Gasteiger partial charge in [0.15, 0.2) is 0 Å². The summed E-state index contributed by atoms with van der Waals surface area (Å²) in [7, 11) is 0. The molecule has 0 bridgehead atoms. The van der Waals surface area contributed by atoms with Gasteiger partial charge in [-0.05, 0) is 18.9 Å². The molecule has 1 aliphatic heterocycles. The molecule has 1 atom stereocenters. The van der Waals surface area contributed by atoms with Gasteiger partial charge in [-0.25, -0.2) is 4.39 Å². The molecule has 1 heterocycles. The van der Waals surface area contributed by atoms with Crippen LogP contribution in [-0.2, 0) is 9.63 Å². The summed E-state index contributed by atoms with van der Waals surface area (Å²) in [5.74, 6) is -0.504. The highest BCUT2D eigenvalue weighted by molar-refractivity contribution is 6.04. The van der Waals surface area contributed by atoms with E-state index in [1.807, 2.05) is 0 Å². The molecule has 5 heteroatoms. The fourth-order valence-corrected chi connectivity index (χ4v) is 1.89. The van der Waals surface area contributed by atoms with Crippen molar-refractivity contribution in [2.45, 2.75) is 31.4 Å². The molecule has 0 saturated heterocycles. The number of nitrogens with one attached hydrogen (secondary N) is 1. The monoisotopic (exact) mass is 248 g/mol. The van der Waals surface area contributed by atoms with E-state index < -0.39 is 6.10 Å². The number of nitrogens with zero attached hydrogens (tertiary/aromatic N) is 1. The average Bonchev–Trinajstić information content (AvgIpc) is 3.04. The minimum Gasteiger partial charge on any atom is -0.382 e. The summed E-state index contributed by atoms with van der Waals surface area (Å²) in [4.78, 5) is 16.8. The lowest BCUT2D eigenvalue weighted by Crippen LogP contribution is -2.36. The second kappa shape index (κ2) is 4.40. The Labute approximate surface area is 104 Å². The van der Waals surface area contributed by atoms with Crippen LogP contribution in [0.2, 0.25) is 0 Å². The van der Waals surface area contributed by atoms with Crippen LogP contribution in [0.3, 0.4) is 0 Å². The summed E-state index contributed by atoms with van der Waals surface area (Å²) in [5.41, 5.74) is 0.892. The van der Waals surface area contributed by atoms with Crippen molar-refractivity contribution in [3.63, 3.8) is 0 Å². The first-order chi connectivity index (χ1) is 8.74. The molecule has 1 aliphatic carbocycles. The van der Waals surface area contributed by atoms with Crippen LogP contribution in [0, 0.1) is 5.82 Å². The highest BCUT2D eigenvalue weighted by atomic mass is 19.1. The smallest absolute Gasteiger partial charge is 0.264 e. The first-order valence-corrected chi connectivity index (χ1v) is 6.02. The third-order valence-corrected chi connectivity index (χ3v) is 3.07. The van der Waals surface area contributed by atoms with E-state index in [1.54, 1.807) is 18.2 Å². The van der Waals surface area contributed by atoms with Crippen LogP contribution in [0.4, 0.5) is 4.39 Å². The summed E-state index contributed by atoms with van der Waals surface area (Å²) >= 11 is 0. The normalized spacial score (nSPS) is 22.3. The minimum absolute atomic E-state index is 0.160. The zero-order valence-corrected chi connectivity index (χ0v) is 9.73. The molecule has 1 unspecified atom stereocenters. The molecule has 1 aromatic rings. The highest BCUT2D eigenvalue weighted by Crippen LogP contribution is 2.22. The quantitative estimate of drug-likeness (QED) is 0.883. The summed E-state index contributed by atoms with van der Waals surface area (Å²) in [5, 5.41) is 6.66. The number of carbonyl (C=O) groups is 1. The van der Waals surface area contributed by atoms with Crippen molar-refractivity contribution < 1.29 is 14.0 Å². The van der Waals surface area contributed by atoms with E-state index in [-0.39, 0.29) is 11.7 Å². The average molecular weight is 248 g/mol. The van der Waals surface area contributed by atoms with Crippen LogP contribution in [0.15, 0.2) is 29.4 Å². The summed E-state index contributed by atoms with van der Waals surface area (Å²) < 4.78 is 13.6. The molecule has 1 aromatic carbocycles. The zero-order valence-electron chi connectivity index (χ0n) is 9.73. The Morgan fingerprint density at radius 2 is 2.17 bits per heavy atom. The van der Waals surface area contributed by atoms with Crippen LogP contribution in [0.25, 0.3) is 0 Å². The summed E-state index contributed by atoms with van der Waals surface area (Å²) in [6, 6.07) is 6.65. The first kappa shape index (κ1) is 11.2. The number of halogens is 1. The van der Waals surface area contributed by atoms with E-state index in [1.165, 1.54) is 6.07 Å². The molecule has 1 fully saturated rings. The number of carbonyl (C=O) groups excluding carboxylic acids is 1. The van der Waals surface area contributed by atoms with Crippen molar-refractivity contribution in [1.29, 1.82) is 0 Å². The Hall–Kier alpha value is -1.91. The van der Waals surface area contributed by atoms with Crippen molar-refractivity contribution in [2.75, 3.05) is 0 Å². The molecule has 1 N–H and O–H groups in total. The summed E-state index contributed by atoms with van der Waals surface area (Å²) in [6.07, 6.45) is 1.75. The molecular weight excluding hydrogens is 235 g/mol. The van der Waals surface area contributed by atoms with E-state index in [2.05, 4.69) is 10.5 Å². The number of amides is 1. The SMILES string of the molecule is O=C(NC1CC1)C1CC(c2ccccc2F)=NO1. The maximum atomic E-state index is 13.6. The maximum Gasteiger partial charge on any atom is 0.264 e. The Morgan fingerprint density at radius 3 is 2.89 bits per heavy atom. The molecule has 2 aliphatic rings. The van der Waals surface area contributed by atoms with Gasteiger partial charge in [-0.2, -0.15) is 0 Å². The topological polar surface area (TPSA) is 50.7 Å². The van der Waals surface area contributed by atoms with Crippen LogP contribution in [0.5, 0.6) is 0 Å². The van der Waals surface area contributed by atoms with E-state index in [0.29, 0.717) is 23.7 Å². The molecule has 1 amide bonds. The van der Waals surface area contributed by atoms with Crippen LogP contribution < -0.4 is 5.32 Å². The Bertz CT molecular complexity index is 511. The van der Waals surface area contributed by atoms with Crippen LogP contribution >= 0.6 is 0 Å². The number of hydrogen-bond donors (Lipinski definition) is 1. The largest absolute Gasteiger partial charge is 0.382 e. The molecule has 3 rings (SSSR count). The maximum absolute atomic E-state index is 13.6. The van der Waals surface area contributed by atoms with E-state index in [0.717, 1.165) is 12.8 Å². The van der Waals surface area contributed by atoms with Gasteiger partial charge in [0.2, 0.25) is 6.10 Å². The van der Waals surface area contributed by atoms with Crippen LogP contribution in [-0.4, -0.2) is 23.8 Å². The molecule has 0 spiro atoms. The minimum atomic E-state index is -0.625. The fourth-order valence-electron chi connectivity index (χ4n) is 1.89. The predicted molar refractivity (Wildman–Crippen MR) is 63.6 cm³/mol. The number of benzene rings is 1. The zero-order chi connectivity index (χ0) is 12.5. The van der Waals surface area contributed by atoms with Gasteiger partial charge < -0.3 is 10.2 Å². The molecule has 94 valence electrons. The van der Waals surface area contributed by atoms with Gasteiger partial charge in [0.1, 0.15) is 5.82 Å². The van der Waals surface area contributed by atoms with Gasteiger partial charge in [0.25, 0.3) is 5.91 Å². The lowest BCUT2D eigenvalue weighted by molar-refractivity contribution is -0.131. The van der Waals surface area contributed by atoms with Gasteiger partial charge in [-0.3, -0.25) is 4.79 Å². The highest BCUT2D eigenvalue weighted by Gasteiger charge is 2.33. The van der Waals surface area contributed by atoms with Gasteiger partial charge in [-0.1, -0.05) is 23.4 Å². The van der Waals surface area contributed by atoms with Crippen molar-refractivity contribution >= 4 is 11.6 Å². The van der Waals surface area contributed by atoms with E-state index in [4.69, 9.17) is 4.84 Å². The molecule has 1 saturated carbocycles. The Balaban J connectivity index is 1.67. The predicted octanol–water partition coefficient (Wildman–Crippen LogP) is 1.60. The third kappa shape index (κ3) is 2.20. The fraction of sp³-hybridized carbons (Fsp3) is 0.385.